The fourth-order valence-electron chi connectivity index (χ4n) is 3.17. The maximum absolute atomic E-state index is 2.46. The van der Waals surface area contributed by atoms with E-state index in [1.54, 1.807) is 5.57 Å². The van der Waals surface area contributed by atoms with Crippen molar-refractivity contribution in [3.05, 3.63) is 11.6 Å². The first-order valence-corrected chi connectivity index (χ1v) is 5.49. The Balaban J connectivity index is 2.03. The Labute approximate surface area is 76.1 Å². The molecule has 0 saturated heterocycles. The summed E-state index contributed by atoms with van der Waals surface area (Å²) in [5.74, 6) is 3.14. The van der Waals surface area contributed by atoms with E-state index in [2.05, 4.69) is 19.9 Å². The Morgan fingerprint density at radius 2 is 2.17 bits per heavy atom. The van der Waals surface area contributed by atoms with Gasteiger partial charge in [0.2, 0.25) is 0 Å². The van der Waals surface area contributed by atoms with Crippen LogP contribution in [0.25, 0.3) is 0 Å². The van der Waals surface area contributed by atoms with Crippen molar-refractivity contribution in [1.29, 1.82) is 0 Å². The van der Waals surface area contributed by atoms with Gasteiger partial charge >= 0.3 is 0 Å². The van der Waals surface area contributed by atoms with Crippen molar-refractivity contribution in [2.75, 3.05) is 0 Å². The summed E-state index contributed by atoms with van der Waals surface area (Å²) in [7, 11) is 0. The zero-order valence-electron chi connectivity index (χ0n) is 8.34. The van der Waals surface area contributed by atoms with Crippen LogP contribution in [0.1, 0.15) is 46.0 Å². The van der Waals surface area contributed by atoms with Crippen molar-refractivity contribution < 1.29 is 0 Å². The Bertz CT molecular complexity index is 190. The normalized spacial score (nSPS) is 43.8. The molecule has 0 spiro atoms. The second-order valence-electron chi connectivity index (χ2n) is 4.66. The van der Waals surface area contributed by atoms with Crippen LogP contribution in [0.4, 0.5) is 0 Å². The van der Waals surface area contributed by atoms with Crippen LogP contribution in [-0.4, -0.2) is 0 Å². The molecule has 0 aliphatic heterocycles. The quantitative estimate of drug-likeness (QED) is 0.517. The Morgan fingerprint density at radius 1 is 1.33 bits per heavy atom. The molecule has 0 amide bonds. The zero-order chi connectivity index (χ0) is 8.55. The minimum atomic E-state index is 1.01. The fraction of sp³-hybridized carbons (Fsp3) is 0.833. The molecule has 2 saturated carbocycles. The van der Waals surface area contributed by atoms with Gasteiger partial charge in [-0.15, -0.1) is 0 Å². The van der Waals surface area contributed by atoms with Crippen molar-refractivity contribution in [3.8, 4) is 0 Å². The average molecular weight is 164 g/mol. The summed E-state index contributed by atoms with van der Waals surface area (Å²) in [6.45, 7) is 4.70. The van der Waals surface area contributed by atoms with Gasteiger partial charge in [-0.3, -0.25) is 0 Å². The van der Waals surface area contributed by atoms with Crippen molar-refractivity contribution in [2.24, 2.45) is 17.8 Å². The lowest BCUT2D eigenvalue weighted by Crippen LogP contribution is -2.04. The maximum atomic E-state index is 2.46. The Hall–Kier alpha value is -0.260. The number of rotatable bonds is 1. The van der Waals surface area contributed by atoms with E-state index >= 15 is 0 Å². The van der Waals surface area contributed by atoms with E-state index in [0.717, 1.165) is 17.8 Å². The lowest BCUT2D eigenvalue weighted by molar-refractivity contribution is 0.378. The van der Waals surface area contributed by atoms with Gasteiger partial charge in [-0.05, 0) is 43.4 Å². The lowest BCUT2D eigenvalue weighted by atomic mass is 9.94. The molecule has 0 nitrogen and oxygen atoms in total. The molecular weight excluding hydrogens is 144 g/mol. The third-order valence-electron chi connectivity index (χ3n) is 3.84. The van der Waals surface area contributed by atoms with Crippen LogP contribution in [0.15, 0.2) is 11.6 Å². The van der Waals surface area contributed by atoms with Crippen LogP contribution in [0.5, 0.6) is 0 Å². The molecule has 0 aromatic rings. The molecule has 68 valence electrons. The lowest BCUT2D eigenvalue weighted by Gasteiger charge is -2.11. The summed E-state index contributed by atoms with van der Waals surface area (Å²) < 4.78 is 0. The average Bonchev–Trinajstić information content (AvgIpc) is 2.55. The molecule has 3 atom stereocenters. The highest BCUT2D eigenvalue weighted by atomic mass is 14.4. The van der Waals surface area contributed by atoms with Gasteiger partial charge in [0.1, 0.15) is 0 Å². The molecule has 0 N–H and O–H groups in total. The smallest absolute Gasteiger partial charge is 0.0286 e. The first-order chi connectivity index (χ1) is 5.81. The molecule has 0 bridgehead atoms. The fourth-order valence-corrected chi connectivity index (χ4v) is 3.17. The first-order valence-electron chi connectivity index (χ1n) is 5.49. The highest BCUT2D eigenvalue weighted by Crippen LogP contribution is 2.49. The van der Waals surface area contributed by atoms with E-state index in [0.29, 0.717) is 0 Å². The number of hydrogen-bond acceptors (Lipinski definition) is 0. The van der Waals surface area contributed by atoms with Gasteiger partial charge in [0.05, 0.1) is 0 Å². The van der Waals surface area contributed by atoms with Crippen molar-refractivity contribution in [3.63, 3.8) is 0 Å². The minimum Gasteiger partial charge on any atom is -0.0856 e. The van der Waals surface area contributed by atoms with Crippen LogP contribution < -0.4 is 0 Å². The summed E-state index contributed by atoms with van der Waals surface area (Å²) in [6, 6.07) is 0. The zero-order valence-corrected chi connectivity index (χ0v) is 8.34. The third-order valence-corrected chi connectivity index (χ3v) is 3.84. The predicted molar refractivity (Wildman–Crippen MR) is 53.0 cm³/mol. The molecule has 2 aliphatic carbocycles. The monoisotopic (exact) mass is 164 g/mol. The second kappa shape index (κ2) is 3.24. The standard InChI is InChI=1S/C12H20/c1-3-4-10-7-11-6-5-9(2)12(11)8-10/h4,9,11-12H,3,5-8H2,1-2H3/b10-4-. The second-order valence-corrected chi connectivity index (χ2v) is 4.66. The van der Waals surface area contributed by atoms with E-state index in [1.165, 1.54) is 32.1 Å². The number of hydrogen-bond donors (Lipinski definition) is 0. The summed E-state index contributed by atoms with van der Waals surface area (Å²) in [5, 5.41) is 0. The molecule has 0 aromatic carbocycles. The number of allylic oxidation sites excluding steroid dienone is 2. The molecule has 0 heteroatoms. The topological polar surface area (TPSA) is 0 Å². The van der Waals surface area contributed by atoms with Crippen LogP contribution in [0.2, 0.25) is 0 Å². The summed E-state index contributed by atoms with van der Waals surface area (Å²) in [6.07, 6.45) is 9.57. The van der Waals surface area contributed by atoms with Crippen molar-refractivity contribution in [1.82, 2.24) is 0 Å². The van der Waals surface area contributed by atoms with E-state index < -0.39 is 0 Å². The van der Waals surface area contributed by atoms with Crippen molar-refractivity contribution in [2.45, 2.75) is 46.0 Å². The van der Waals surface area contributed by atoms with E-state index in [-0.39, 0.29) is 0 Å². The van der Waals surface area contributed by atoms with Crippen LogP contribution in [0.3, 0.4) is 0 Å². The minimum absolute atomic E-state index is 1.01. The summed E-state index contributed by atoms with van der Waals surface area (Å²) in [4.78, 5) is 0. The largest absolute Gasteiger partial charge is 0.0856 e. The third kappa shape index (κ3) is 1.32. The van der Waals surface area contributed by atoms with E-state index in [9.17, 15) is 0 Å². The summed E-state index contributed by atoms with van der Waals surface area (Å²) in [5.41, 5.74) is 1.76. The van der Waals surface area contributed by atoms with Crippen molar-refractivity contribution >= 4 is 0 Å². The van der Waals surface area contributed by atoms with Gasteiger partial charge in [0.15, 0.2) is 0 Å². The van der Waals surface area contributed by atoms with Gasteiger partial charge in [0, 0.05) is 0 Å². The Morgan fingerprint density at radius 3 is 2.83 bits per heavy atom. The maximum Gasteiger partial charge on any atom is -0.0286 e. The van der Waals surface area contributed by atoms with Gasteiger partial charge in [-0.25, -0.2) is 0 Å². The molecule has 2 rings (SSSR count). The highest BCUT2D eigenvalue weighted by Gasteiger charge is 2.38. The van der Waals surface area contributed by atoms with E-state index in [1.807, 2.05) is 0 Å². The van der Waals surface area contributed by atoms with Gasteiger partial charge in [0.25, 0.3) is 0 Å². The Kier molecular flexibility index (Phi) is 2.25. The van der Waals surface area contributed by atoms with E-state index in [4.69, 9.17) is 0 Å². The molecule has 3 unspecified atom stereocenters. The molecule has 12 heavy (non-hydrogen) atoms. The molecule has 2 fully saturated rings. The predicted octanol–water partition coefficient (Wildman–Crippen LogP) is 3.78. The van der Waals surface area contributed by atoms with Crippen LogP contribution in [-0.2, 0) is 0 Å². The highest BCUT2D eigenvalue weighted by molar-refractivity contribution is 5.13. The van der Waals surface area contributed by atoms with Gasteiger partial charge < -0.3 is 0 Å². The van der Waals surface area contributed by atoms with Gasteiger partial charge in [-0.2, -0.15) is 0 Å². The molecule has 0 heterocycles. The van der Waals surface area contributed by atoms with Gasteiger partial charge in [-0.1, -0.05) is 31.9 Å². The molecule has 2 aliphatic rings. The van der Waals surface area contributed by atoms with Crippen LogP contribution in [0, 0.1) is 17.8 Å². The summed E-state index contributed by atoms with van der Waals surface area (Å²) >= 11 is 0. The molecular formula is C12H20. The molecule has 0 radical (unpaired) electrons. The molecule has 0 aromatic heterocycles. The SMILES string of the molecule is CC/C=C1/CC2CCC(C)C2C1. The number of fused-ring (bicyclic) bond motifs is 1. The van der Waals surface area contributed by atoms with Crippen LogP contribution >= 0.6 is 0 Å². The first kappa shape index (κ1) is 8.34.